The molecule has 2 atom stereocenters. The Morgan fingerprint density at radius 2 is 2.50 bits per heavy atom. The van der Waals surface area contributed by atoms with E-state index in [4.69, 9.17) is 0 Å². The molecule has 0 amide bonds. The molecule has 1 heterocycles. The van der Waals surface area contributed by atoms with Crippen LogP contribution in [0.4, 0.5) is 0 Å². The van der Waals surface area contributed by atoms with Gasteiger partial charge in [-0.15, -0.1) is 10.2 Å². The SMILES string of the molecule is CC1CC1NCc1nncn1C. The lowest BCUT2D eigenvalue weighted by atomic mass is 10.4. The summed E-state index contributed by atoms with van der Waals surface area (Å²) in [6, 6.07) is 0.710. The van der Waals surface area contributed by atoms with Crippen LogP contribution in [-0.2, 0) is 13.6 Å². The van der Waals surface area contributed by atoms with Crippen LogP contribution in [0, 0.1) is 5.92 Å². The van der Waals surface area contributed by atoms with E-state index in [1.54, 1.807) is 6.33 Å². The summed E-state index contributed by atoms with van der Waals surface area (Å²) in [7, 11) is 1.97. The summed E-state index contributed by atoms with van der Waals surface area (Å²) in [5.41, 5.74) is 0. The average Bonchev–Trinajstić information content (AvgIpc) is 2.57. The number of hydrogen-bond donors (Lipinski definition) is 1. The van der Waals surface area contributed by atoms with Crippen LogP contribution in [0.5, 0.6) is 0 Å². The molecule has 1 aliphatic rings. The van der Waals surface area contributed by atoms with Gasteiger partial charge in [0.05, 0.1) is 6.54 Å². The second-order valence-corrected chi connectivity index (χ2v) is 3.56. The average molecular weight is 166 g/mol. The summed E-state index contributed by atoms with van der Waals surface area (Å²) in [4.78, 5) is 0. The van der Waals surface area contributed by atoms with Crippen LogP contribution in [-0.4, -0.2) is 20.8 Å². The van der Waals surface area contributed by atoms with Crippen molar-refractivity contribution in [1.29, 1.82) is 0 Å². The molecule has 1 aromatic heterocycles. The van der Waals surface area contributed by atoms with Crippen molar-refractivity contribution >= 4 is 0 Å². The molecule has 2 rings (SSSR count). The van der Waals surface area contributed by atoms with Crippen LogP contribution in [0.15, 0.2) is 6.33 Å². The standard InChI is InChI=1S/C8H14N4/c1-6-3-7(6)9-4-8-11-10-5-12(8)2/h5-7,9H,3-4H2,1-2H3. The Balaban J connectivity index is 1.84. The van der Waals surface area contributed by atoms with E-state index >= 15 is 0 Å². The summed E-state index contributed by atoms with van der Waals surface area (Å²) >= 11 is 0. The lowest BCUT2D eigenvalue weighted by molar-refractivity contribution is 0.611. The van der Waals surface area contributed by atoms with E-state index in [2.05, 4.69) is 22.4 Å². The fraction of sp³-hybridized carbons (Fsp3) is 0.750. The highest BCUT2D eigenvalue weighted by Gasteiger charge is 2.31. The summed E-state index contributed by atoms with van der Waals surface area (Å²) in [5, 5.41) is 11.2. The number of hydrogen-bond acceptors (Lipinski definition) is 3. The zero-order valence-corrected chi connectivity index (χ0v) is 7.49. The molecular formula is C8H14N4. The van der Waals surface area contributed by atoms with Crippen molar-refractivity contribution in [3.8, 4) is 0 Å². The van der Waals surface area contributed by atoms with Crippen LogP contribution in [0.3, 0.4) is 0 Å². The van der Waals surface area contributed by atoms with Gasteiger partial charge in [0, 0.05) is 13.1 Å². The molecule has 1 N–H and O–H groups in total. The topological polar surface area (TPSA) is 42.7 Å². The number of nitrogens with zero attached hydrogens (tertiary/aromatic N) is 3. The maximum absolute atomic E-state index is 3.99. The Labute approximate surface area is 72.0 Å². The fourth-order valence-corrected chi connectivity index (χ4v) is 1.30. The largest absolute Gasteiger partial charge is 0.320 e. The van der Waals surface area contributed by atoms with E-state index in [0.29, 0.717) is 6.04 Å². The molecule has 0 aromatic carbocycles. The van der Waals surface area contributed by atoms with Gasteiger partial charge in [-0.05, 0) is 12.3 Å². The van der Waals surface area contributed by atoms with E-state index in [0.717, 1.165) is 18.3 Å². The Morgan fingerprint density at radius 3 is 3.00 bits per heavy atom. The summed E-state index contributed by atoms with van der Waals surface area (Å²) in [5.74, 6) is 1.85. The Morgan fingerprint density at radius 1 is 1.75 bits per heavy atom. The maximum atomic E-state index is 3.99. The first-order valence-corrected chi connectivity index (χ1v) is 4.33. The zero-order chi connectivity index (χ0) is 8.55. The molecule has 1 saturated carbocycles. The molecule has 4 nitrogen and oxygen atoms in total. The van der Waals surface area contributed by atoms with E-state index in [1.807, 2.05) is 11.6 Å². The lowest BCUT2D eigenvalue weighted by Crippen LogP contribution is -2.19. The third-order valence-corrected chi connectivity index (χ3v) is 2.44. The minimum Gasteiger partial charge on any atom is -0.320 e. The van der Waals surface area contributed by atoms with Crippen LogP contribution in [0.25, 0.3) is 0 Å². The van der Waals surface area contributed by atoms with Gasteiger partial charge in [0.1, 0.15) is 12.2 Å². The fourth-order valence-electron chi connectivity index (χ4n) is 1.30. The van der Waals surface area contributed by atoms with Gasteiger partial charge in [0.2, 0.25) is 0 Å². The molecule has 1 aromatic rings. The van der Waals surface area contributed by atoms with E-state index in [9.17, 15) is 0 Å². The molecule has 1 aliphatic carbocycles. The third kappa shape index (κ3) is 1.48. The van der Waals surface area contributed by atoms with Gasteiger partial charge < -0.3 is 9.88 Å². The zero-order valence-electron chi connectivity index (χ0n) is 7.49. The van der Waals surface area contributed by atoms with Gasteiger partial charge in [-0.25, -0.2) is 0 Å². The van der Waals surface area contributed by atoms with Crippen LogP contribution >= 0.6 is 0 Å². The van der Waals surface area contributed by atoms with Gasteiger partial charge in [0.15, 0.2) is 0 Å². The van der Waals surface area contributed by atoms with E-state index in [-0.39, 0.29) is 0 Å². The van der Waals surface area contributed by atoms with Crippen LogP contribution in [0.1, 0.15) is 19.2 Å². The molecule has 1 fully saturated rings. The normalized spacial score (nSPS) is 27.5. The predicted octanol–water partition coefficient (Wildman–Crippen LogP) is 0.313. The molecule has 0 spiro atoms. The molecule has 0 saturated heterocycles. The maximum Gasteiger partial charge on any atom is 0.146 e. The minimum atomic E-state index is 0.710. The van der Waals surface area contributed by atoms with Gasteiger partial charge in [0.25, 0.3) is 0 Å². The quantitative estimate of drug-likeness (QED) is 0.703. The molecule has 0 radical (unpaired) electrons. The smallest absolute Gasteiger partial charge is 0.146 e. The van der Waals surface area contributed by atoms with Crippen molar-refractivity contribution in [2.45, 2.75) is 25.9 Å². The van der Waals surface area contributed by atoms with Crippen LogP contribution < -0.4 is 5.32 Å². The van der Waals surface area contributed by atoms with Gasteiger partial charge >= 0.3 is 0 Å². The molecule has 0 aliphatic heterocycles. The highest BCUT2D eigenvalue weighted by molar-refractivity contribution is 4.92. The third-order valence-electron chi connectivity index (χ3n) is 2.44. The van der Waals surface area contributed by atoms with Crippen molar-refractivity contribution < 1.29 is 0 Å². The second-order valence-electron chi connectivity index (χ2n) is 3.56. The number of nitrogens with one attached hydrogen (secondary N) is 1. The highest BCUT2D eigenvalue weighted by atomic mass is 15.3. The van der Waals surface area contributed by atoms with Crippen molar-refractivity contribution in [1.82, 2.24) is 20.1 Å². The monoisotopic (exact) mass is 166 g/mol. The van der Waals surface area contributed by atoms with E-state index < -0.39 is 0 Å². The number of rotatable bonds is 3. The van der Waals surface area contributed by atoms with E-state index in [1.165, 1.54) is 6.42 Å². The first-order chi connectivity index (χ1) is 5.77. The summed E-state index contributed by atoms with van der Waals surface area (Å²) < 4.78 is 1.94. The molecule has 4 heteroatoms. The van der Waals surface area contributed by atoms with Crippen molar-refractivity contribution in [2.24, 2.45) is 13.0 Å². The predicted molar refractivity (Wildman–Crippen MR) is 45.4 cm³/mol. The summed E-state index contributed by atoms with van der Waals surface area (Å²) in [6.07, 6.45) is 3.03. The number of aromatic nitrogens is 3. The van der Waals surface area contributed by atoms with Gasteiger partial charge in [-0.2, -0.15) is 0 Å². The first-order valence-electron chi connectivity index (χ1n) is 4.33. The molecule has 2 unspecified atom stereocenters. The second kappa shape index (κ2) is 2.86. The van der Waals surface area contributed by atoms with Crippen molar-refractivity contribution in [3.05, 3.63) is 12.2 Å². The Bertz CT molecular complexity index is 268. The number of aryl methyl sites for hydroxylation is 1. The lowest BCUT2D eigenvalue weighted by Gasteiger charge is -2.01. The van der Waals surface area contributed by atoms with Crippen molar-refractivity contribution in [2.75, 3.05) is 0 Å². The van der Waals surface area contributed by atoms with Gasteiger partial charge in [-0.3, -0.25) is 0 Å². The molecule has 66 valence electrons. The highest BCUT2D eigenvalue weighted by Crippen LogP contribution is 2.28. The van der Waals surface area contributed by atoms with Crippen molar-refractivity contribution in [3.63, 3.8) is 0 Å². The van der Waals surface area contributed by atoms with Gasteiger partial charge in [-0.1, -0.05) is 6.92 Å². The minimum absolute atomic E-state index is 0.710. The molecular weight excluding hydrogens is 152 g/mol. The molecule has 12 heavy (non-hydrogen) atoms. The molecule has 0 bridgehead atoms. The van der Waals surface area contributed by atoms with Crippen LogP contribution in [0.2, 0.25) is 0 Å². The Kier molecular flexibility index (Phi) is 1.84. The summed E-state index contributed by atoms with van der Waals surface area (Å²) in [6.45, 7) is 3.10. The Hall–Kier alpha value is -0.900. The first kappa shape index (κ1) is 7.73.